The van der Waals surface area contributed by atoms with Crippen LogP contribution in [-0.2, 0) is 6.54 Å². The molecule has 1 aromatic heterocycles. The molecule has 1 heterocycles. The van der Waals surface area contributed by atoms with Gasteiger partial charge in [-0.15, -0.1) is 11.3 Å². The van der Waals surface area contributed by atoms with Crippen molar-refractivity contribution < 1.29 is 0 Å². The molecular formula is C10H19N3S. The van der Waals surface area contributed by atoms with Gasteiger partial charge in [0.2, 0.25) is 0 Å². The first kappa shape index (κ1) is 11.6. The van der Waals surface area contributed by atoms with E-state index in [4.69, 9.17) is 0 Å². The van der Waals surface area contributed by atoms with Crippen LogP contribution in [0.1, 0.15) is 17.5 Å². The predicted molar refractivity (Wildman–Crippen MR) is 61.7 cm³/mol. The highest BCUT2D eigenvalue weighted by Gasteiger charge is 2.10. The van der Waals surface area contributed by atoms with Crippen molar-refractivity contribution in [3.63, 3.8) is 0 Å². The van der Waals surface area contributed by atoms with Crippen LogP contribution in [0.4, 0.5) is 0 Å². The zero-order valence-electron chi connectivity index (χ0n) is 9.37. The van der Waals surface area contributed by atoms with E-state index in [0.717, 1.165) is 13.1 Å². The van der Waals surface area contributed by atoms with Crippen LogP contribution in [0.25, 0.3) is 0 Å². The molecule has 0 radical (unpaired) electrons. The van der Waals surface area contributed by atoms with Crippen LogP contribution in [-0.4, -0.2) is 36.6 Å². The van der Waals surface area contributed by atoms with E-state index in [1.54, 1.807) is 11.3 Å². The van der Waals surface area contributed by atoms with E-state index in [-0.39, 0.29) is 0 Å². The molecule has 0 aromatic carbocycles. The maximum Gasteiger partial charge on any atom is 0.0798 e. The lowest BCUT2D eigenvalue weighted by Crippen LogP contribution is -2.36. The summed E-state index contributed by atoms with van der Waals surface area (Å²) >= 11 is 1.74. The van der Waals surface area contributed by atoms with Gasteiger partial charge >= 0.3 is 0 Å². The zero-order valence-corrected chi connectivity index (χ0v) is 10.2. The highest BCUT2D eigenvalue weighted by Crippen LogP contribution is 2.15. The van der Waals surface area contributed by atoms with Crippen molar-refractivity contribution >= 4 is 11.3 Å². The summed E-state index contributed by atoms with van der Waals surface area (Å²) in [5.41, 5.74) is 3.08. The first-order valence-electron chi connectivity index (χ1n) is 4.89. The van der Waals surface area contributed by atoms with Crippen LogP contribution >= 0.6 is 11.3 Å². The zero-order chi connectivity index (χ0) is 10.6. The molecule has 4 heteroatoms. The lowest BCUT2D eigenvalue weighted by Gasteiger charge is -2.23. The second-order valence-corrected chi connectivity index (χ2v) is 4.62. The van der Waals surface area contributed by atoms with Gasteiger partial charge in [-0.3, -0.25) is 4.90 Å². The molecule has 0 fully saturated rings. The third kappa shape index (κ3) is 3.04. The van der Waals surface area contributed by atoms with Gasteiger partial charge in [0.15, 0.2) is 0 Å². The van der Waals surface area contributed by atoms with Gasteiger partial charge in [-0.05, 0) is 27.9 Å². The van der Waals surface area contributed by atoms with E-state index in [1.807, 2.05) is 12.6 Å². The number of likely N-dealkylation sites (N-methyl/N-ethyl adjacent to an activating group) is 2. The average molecular weight is 213 g/mol. The molecule has 0 spiro atoms. The fourth-order valence-electron chi connectivity index (χ4n) is 1.31. The summed E-state index contributed by atoms with van der Waals surface area (Å²) in [4.78, 5) is 7.97. The number of nitrogens with one attached hydrogen (secondary N) is 1. The fourth-order valence-corrected chi connectivity index (χ4v) is 2.15. The Morgan fingerprint density at radius 3 is 2.86 bits per heavy atom. The number of rotatable bonds is 5. The lowest BCUT2D eigenvalue weighted by atomic mass is 10.2. The molecule has 0 saturated heterocycles. The minimum Gasteiger partial charge on any atom is -0.318 e. The standard InChI is InChI=1S/C10H19N3S/c1-8(5-11-3)13(4)6-10-9(2)12-7-14-10/h7-8,11H,5-6H2,1-4H3. The van der Waals surface area contributed by atoms with Crippen molar-refractivity contribution in [2.45, 2.75) is 26.4 Å². The molecule has 3 nitrogen and oxygen atoms in total. The Hall–Kier alpha value is -0.450. The van der Waals surface area contributed by atoms with Crippen LogP contribution in [0.3, 0.4) is 0 Å². The summed E-state index contributed by atoms with van der Waals surface area (Å²) in [6, 6.07) is 0.557. The lowest BCUT2D eigenvalue weighted by molar-refractivity contribution is 0.247. The van der Waals surface area contributed by atoms with Crippen LogP contribution in [0.2, 0.25) is 0 Å². The molecule has 0 aliphatic rings. The normalized spacial score (nSPS) is 13.5. The maximum absolute atomic E-state index is 4.25. The highest BCUT2D eigenvalue weighted by molar-refractivity contribution is 7.09. The van der Waals surface area contributed by atoms with E-state index in [9.17, 15) is 0 Å². The molecule has 0 aliphatic carbocycles. The Balaban J connectivity index is 2.48. The van der Waals surface area contributed by atoms with Crippen molar-refractivity contribution in [2.24, 2.45) is 0 Å². The first-order chi connectivity index (χ1) is 6.65. The molecule has 1 rings (SSSR count). The summed E-state index contributed by atoms with van der Waals surface area (Å²) in [7, 11) is 4.14. The molecule has 0 amide bonds. The SMILES string of the molecule is CNCC(C)N(C)Cc1scnc1C. The highest BCUT2D eigenvalue weighted by atomic mass is 32.1. The number of thiazole rings is 1. The number of hydrogen-bond donors (Lipinski definition) is 1. The van der Waals surface area contributed by atoms with Crippen LogP contribution in [0.15, 0.2) is 5.51 Å². The number of nitrogens with zero attached hydrogens (tertiary/aromatic N) is 2. The fraction of sp³-hybridized carbons (Fsp3) is 0.700. The molecule has 80 valence electrons. The predicted octanol–water partition coefficient (Wildman–Crippen LogP) is 1.49. The van der Waals surface area contributed by atoms with Gasteiger partial charge in [0.05, 0.1) is 11.2 Å². The summed E-state index contributed by atoms with van der Waals surface area (Å²) in [6.07, 6.45) is 0. The van der Waals surface area contributed by atoms with E-state index < -0.39 is 0 Å². The van der Waals surface area contributed by atoms with Gasteiger partial charge in [0.1, 0.15) is 0 Å². The Bertz CT molecular complexity index is 272. The van der Waals surface area contributed by atoms with Gasteiger partial charge in [-0.1, -0.05) is 0 Å². The minimum absolute atomic E-state index is 0.557. The third-order valence-electron chi connectivity index (χ3n) is 2.49. The average Bonchev–Trinajstić information content (AvgIpc) is 2.52. The molecule has 0 bridgehead atoms. The Morgan fingerprint density at radius 1 is 1.64 bits per heavy atom. The summed E-state index contributed by atoms with van der Waals surface area (Å²) in [5.74, 6) is 0. The Kier molecular flexibility index (Phi) is 4.51. The van der Waals surface area contributed by atoms with Gasteiger partial charge in [0.25, 0.3) is 0 Å². The van der Waals surface area contributed by atoms with Gasteiger partial charge in [-0.25, -0.2) is 4.98 Å². The summed E-state index contributed by atoms with van der Waals surface area (Å²) < 4.78 is 0. The van der Waals surface area contributed by atoms with E-state index in [0.29, 0.717) is 6.04 Å². The van der Waals surface area contributed by atoms with Crippen LogP contribution in [0, 0.1) is 6.92 Å². The van der Waals surface area contributed by atoms with Gasteiger partial charge in [-0.2, -0.15) is 0 Å². The maximum atomic E-state index is 4.25. The minimum atomic E-state index is 0.557. The largest absolute Gasteiger partial charge is 0.318 e. The van der Waals surface area contributed by atoms with Gasteiger partial charge in [0, 0.05) is 24.0 Å². The van der Waals surface area contributed by atoms with Crippen LogP contribution < -0.4 is 5.32 Å². The van der Waals surface area contributed by atoms with E-state index in [2.05, 4.69) is 36.1 Å². The second-order valence-electron chi connectivity index (χ2n) is 3.68. The molecule has 1 unspecified atom stereocenters. The molecule has 1 N–H and O–H groups in total. The van der Waals surface area contributed by atoms with E-state index >= 15 is 0 Å². The Morgan fingerprint density at radius 2 is 2.36 bits per heavy atom. The van der Waals surface area contributed by atoms with Gasteiger partial charge < -0.3 is 5.32 Å². The summed E-state index contributed by atoms with van der Waals surface area (Å²) in [6.45, 7) is 6.32. The van der Waals surface area contributed by atoms with Crippen molar-refractivity contribution in [3.05, 3.63) is 16.1 Å². The van der Waals surface area contributed by atoms with E-state index in [1.165, 1.54) is 10.6 Å². The molecule has 14 heavy (non-hydrogen) atoms. The topological polar surface area (TPSA) is 28.2 Å². The third-order valence-corrected chi connectivity index (χ3v) is 3.41. The molecule has 0 aliphatic heterocycles. The molecule has 1 atom stereocenters. The van der Waals surface area contributed by atoms with Crippen molar-refractivity contribution in [1.29, 1.82) is 0 Å². The molecular weight excluding hydrogens is 194 g/mol. The van der Waals surface area contributed by atoms with Crippen molar-refractivity contribution in [3.8, 4) is 0 Å². The molecule has 0 saturated carbocycles. The number of hydrogen-bond acceptors (Lipinski definition) is 4. The number of aromatic nitrogens is 1. The molecule has 1 aromatic rings. The Labute approximate surface area is 90.2 Å². The number of aryl methyl sites for hydroxylation is 1. The first-order valence-corrected chi connectivity index (χ1v) is 5.77. The van der Waals surface area contributed by atoms with Crippen molar-refractivity contribution in [1.82, 2.24) is 15.2 Å². The monoisotopic (exact) mass is 213 g/mol. The van der Waals surface area contributed by atoms with Crippen LogP contribution in [0.5, 0.6) is 0 Å². The van der Waals surface area contributed by atoms with Crippen molar-refractivity contribution in [2.75, 3.05) is 20.6 Å². The second kappa shape index (κ2) is 5.44. The smallest absolute Gasteiger partial charge is 0.0798 e. The quantitative estimate of drug-likeness (QED) is 0.803. The summed E-state index contributed by atoms with van der Waals surface area (Å²) in [5, 5.41) is 3.19.